The summed E-state index contributed by atoms with van der Waals surface area (Å²) in [4.78, 5) is 9.49. The fraction of sp³-hybridized carbons (Fsp3) is 0.321. The van der Waals surface area contributed by atoms with Crippen molar-refractivity contribution in [3.05, 3.63) is 77.4 Å². The Balaban J connectivity index is 1.60. The average Bonchev–Trinajstić information content (AvgIpc) is 3.32. The van der Waals surface area contributed by atoms with Crippen LogP contribution in [-0.4, -0.2) is 9.97 Å². The van der Waals surface area contributed by atoms with Gasteiger partial charge >= 0.3 is 0 Å². The van der Waals surface area contributed by atoms with Gasteiger partial charge in [0, 0.05) is 41.6 Å². The van der Waals surface area contributed by atoms with Crippen LogP contribution in [0.15, 0.2) is 54.9 Å². The van der Waals surface area contributed by atoms with E-state index in [-0.39, 0.29) is 0 Å². The number of fused-ring (bicyclic) bond motifs is 1. The van der Waals surface area contributed by atoms with Gasteiger partial charge in [0.15, 0.2) is 0 Å². The molecule has 156 valence electrons. The van der Waals surface area contributed by atoms with E-state index in [2.05, 4.69) is 74.9 Å². The Morgan fingerprint density at radius 2 is 1.61 bits per heavy atom. The number of aryl methyl sites for hydroxylation is 3. The zero-order valence-electron chi connectivity index (χ0n) is 18.9. The largest absolute Gasteiger partial charge is 0.240 e. The lowest BCUT2D eigenvalue weighted by atomic mass is 9.96. The van der Waals surface area contributed by atoms with Crippen LogP contribution in [0.5, 0.6) is 0 Å². The summed E-state index contributed by atoms with van der Waals surface area (Å²) < 4.78 is 2.31. The molecule has 2 aromatic heterocycles. The van der Waals surface area contributed by atoms with Gasteiger partial charge in [-0.1, -0.05) is 36.6 Å². The minimum absolute atomic E-state index is 0.544. The van der Waals surface area contributed by atoms with Crippen LogP contribution < -0.4 is 4.57 Å². The third-order valence-electron chi connectivity index (χ3n) is 7.00. The smallest absolute Gasteiger partial charge is 0.213 e. The van der Waals surface area contributed by atoms with E-state index in [1.165, 1.54) is 70.1 Å². The van der Waals surface area contributed by atoms with Crippen LogP contribution in [0.2, 0.25) is 0 Å². The van der Waals surface area contributed by atoms with Gasteiger partial charge in [-0.15, -0.1) is 0 Å². The summed E-state index contributed by atoms with van der Waals surface area (Å²) in [5, 5.41) is 1.23. The van der Waals surface area contributed by atoms with Crippen molar-refractivity contribution in [3.63, 3.8) is 0 Å². The molecule has 5 rings (SSSR count). The number of pyridine rings is 1. The zero-order chi connectivity index (χ0) is 21.5. The molecular formula is C28H30N3+. The normalized spacial score (nSPS) is 14.5. The molecule has 0 amide bonds. The molecule has 0 atom stereocenters. The number of hydrogen-bond donors (Lipinski definition) is 0. The van der Waals surface area contributed by atoms with E-state index >= 15 is 0 Å². The van der Waals surface area contributed by atoms with Gasteiger partial charge in [0.25, 0.3) is 0 Å². The van der Waals surface area contributed by atoms with E-state index in [0.717, 1.165) is 11.4 Å². The first-order valence-electron chi connectivity index (χ1n) is 11.3. The molecule has 2 aromatic carbocycles. The van der Waals surface area contributed by atoms with Gasteiger partial charge in [0.1, 0.15) is 12.9 Å². The number of aromatic nitrogens is 3. The molecule has 1 aliphatic rings. The maximum absolute atomic E-state index is 4.74. The highest BCUT2D eigenvalue weighted by atomic mass is 14.9. The molecule has 0 radical (unpaired) electrons. The van der Waals surface area contributed by atoms with Crippen molar-refractivity contribution in [2.45, 2.75) is 52.4 Å². The Kier molecular flexibility index (Phi) is 5.05. The van der Waals surface area contributed by atoms with E-state index in [1.807, 2.05) is 12.4 Å². The monoisotopic (exact) mass is 408 g/mol. The second-order valence-corrected chi connectivity index (χ2v) is 9.08. The maximum atomic E-state index is 4.74. The van der Waals surface area contributed by atoms with Crippen LogP contribution in [0.1, 0.15) is 54.1 Å². The summed E-state index contributed by atoms with van der Waals surface area (Å²) in [5.74, 6) is 1.56. The highest BCUT2D eigenvalue weighted by Crippen LogP contribution is 2.34. The molecule has 0 bridgehead atoms. The van der Waals surface area contributed by atoms with Gasteiger partial charge in [-0.3, -0.25) is 0 Å². The van der Waals surface area contributed by atoms with Crippen molar-refractivity contribution in [1.82, 2.24) is 9.97 Å². The quantitative estimate of drug-likeness (QED) is 0.369. The Morgan fingerprint density at radius 3 is 2.35 bits per heavy atom. The fourth-order valence-corrected chi connectivity index (χ4v) is 5.12. The molecule has 0 aliphatic heterocycles. The summed E-state index contributed by atoms with van der Waals surface area (Å²) in [5.41, 5.74) is 10.0. The second-order valence-electron chi connectivity index (χ2n) is 9.08. The number of rotatable bonds is 3. The average molecular weight is 409 g/mol. The van der Waals surface area contributed by atoms with Crippen molar-refractivity contribution in [1.29, 1.82) is 0 Å². The standard InChI is InChI=1S/C28H30N3/c1-18-14-19(2)20(3)25(15-18)27-13-12-24-23(10-7-11-26(24)31(27)4)22-16-29-28(30-17-22)21-8-5-6-9-21/h7,10-17,21H,5-6,8-9H2,1-4H3/q+1. The van der Waals surface area contributed by atoms with E-state index in [1.54, 1.807) is 0 Å². The van der Waals surface area contributed by atoms with E-state index in [0.29, 0.717) is 5.92 Å². The summed E-state index contributed by atoms with van der Waals surface area (Å²) in [6, 6.07) is 15.6. The van der Waals surface area contributed by atoms with E-state index in [4.69, 9.17) is 9.97 Å². The summed E-state index contributed by atoms with van der Waals surface area (Å²) in [6.45, 7) is 6.58. The molecule has 0 spiro atoms. The predicted molar refractivity (Wildman–Crippen MR) is 127 cm³/mol. The van der Waals surface area contributed by atoms with Crippen LogP contribution in [0, 0.1) is 20.8 Å². The molecule has 0 saturated heterocycles. The fourth-order valence-electron chi connectivity index (χ4n) is 5.12. The Labute approximate surface area is 184 Å². The lowest BCUT2D eigenvalue weighted by Crippen LogP contribution is -2.32. The molecule has 0 N–H and O–H groups in total. The Hall–Kier alpha value is -3.07. The SMILES string of the molecule is Cc1cc(C)c(C)c(-c2ccc3c(-c4cnc(C5CCCC5)nc4)cccc3[n+]2C)c1. The van der Waals surface area contributed by atoms with Crippen molar-refractivity contribution in [2.24, 2.45) is 7.05 Å². The molecule has 1 saturated carbocycles. The molecule has 3 nitrogen and oxygen atoms in total. The third kappa shape index (κ3) is 3.52. The summed E-state index contributed by atoms with van der Waals surface area (Å²) >= 11 is 0. The van der Waals surface area contributed by atoms with Gasteiger partial charge in [-0.2, -0.15) is 4.57 Å². The predicted octanol–water partition coefficient (Wildman–Crippen LogP) is 6.37. The first-order valence-corrected chi connectivity index (χ1v) is 11.3. The molecule has 4 aromatic rings. The highest BCUT2D eigenvalue weighted by Gasteiger charge is 2.21. The highest BCUT2D eigenvalue weighted by molar-refractivity contribution is 5.93. The van der Waals surface area contributed by atoms with Crippen molar-refractivity contribution < 1.29 is 4.57 Å². The van der Waals surface area contributed by atoms with Crippen molar-refractivity contribution >= 4 is 10.9 Å². The lowest BCUT2D eigenvalue weighted by Gasteiger charge is -2.12. The Bertz CT molecular complexity index is 1270. The number of benzene rings is 2. The number of nitrogens with zero attached hydrogens (tertiary/aromatic N) is 3. The van der Waals surface area contributed by atoms with Crippen LogP contribution in [0.4, 0.5) is 0 Å². The van der Waals surface area contributed by atoms with Gasteiger partial charge in [0.2, 0.25) is 11.2 Å². The third-order valence-corrected chi connectivity index (χ3v) is 7.00. The van der Waals surface area contributed by atoms with Gasteiger partial charge in [-0.05, 0) is 62.4 Å². The lowest BCUT2D eigenvalue weighted by molar-refractivity contribution is -0.633. The number of hydrogen-bond acceptors (Lipinski definition) is 2. The second kappa shape index (κ2) is 7.88. The summed E-state index contributed by atoms with van der Waals surface area (Å²) in [7, 11) is 2.16. The Morgan fingerprint density at radius 1 is 0.871 bits per heavy atom. The van der Waals surface area contributed by atoms with Crippen LogP contribution in [-0.2, 0) is 7.05 Å². The molecule has 0 unspecified atom stereocenters. The molecule has 1 aliphatic carbocycles. The van der Waals surface area contributed by atoms with E-state index < -0.39 is 0 Å². The molecule has 1 fully saturated rings. The van der Waals surface area contributed by atoms with Gasteiger partial charge in [-0.25, -0.2) is 9.97 Å². The van der Waals surface area contributed by atoms with Crippen molar-refractivity contribution in [3.8, 4) is 22.4 Å². The maximum Gasteiger partial charge on any atom is 0.213 e. The minimum Gasteiger partial charge on any atom is -0.240 e. The molecular weight excluding hydrogens is 378 g/mol. The molecule has 2 heterocycles. The zero-order valence-corrected chi connectivity index (χ0v) is 18.9. The minimum atomic E-state index is 0.544. The van der Waals surface area contributed by atoms with Crippen molar-refractivity contribution in [2.75, 3.05) is 0 Å². The van der Waals surface area contributed by atoms with Crippen LogP contribution in [0.3, 0.4) is 0 Å². The van der Waals surface area contributed by atoms with E-state index in [9.17, 15) is 0 Å². The van der Waals surface area contributed by atoms with Crippen LogP contribution in [0.25, 0.3) is 33.3 Å². The first-order chi connectivity index (χ1) is 15.0. The molecule has 3 heteroatoms. The summed E-state index contributed by atoms with van der Waals surface area (Å²) in [6.07, 6.45) is 9.08. The topological polar surface area (TPSA) is 29.7 Å². The van der Waals surface area contributed by atoms with Crippen LogP contribution >= 0.6 is 0 Å². The first kappa shape index (κ1) is 19.9. The van der Waals surface area contributed by atoms with Gasteiger partial charge in [0.05, 0.1) is 5.39 Å². The van der Waals surface area contributed by atoms with Gasteiger partial charge < -0.3 is 0 Å². The molecule has 31 heavy (non-hydrogen) atoms.